The first-order valence-corrected chi connectivity index (χ1v) is 8.18. The number of hydrogen-bond donors (Lipinski definition) is 2. The number of benzene rings is 1. The molecule has 0 aromatic heterocycles. The van der Waals surface area contributed by atoms with Gasteiger partial charge in [0.25, 0.3) is 0 Å². The van der Waals surface area contributed by atoms with Gasteiger partial charge in [0.15, 0.2) is 0 Å². The summed E-state index contributed by atoms with van der Waals surface area (Å²) in [6, 6.07) is 2.91. The van der Waals surface area contributed by atoms with Crippen LogP contribution < -0.4 is 11.1 Å². The van der Waals surface area contributed by atoms with Crippen molar-refractivity contribution in [3.05, 3.63) is 22.2 Å². The van der Waals surface area contributed by atoms with E-state index in [0.29, 0.717) is 18.7 Å². The molecule has 9 heteroatoms. The summed E-state index contributed by atoms with van der Waals surface area (Å²) in [6.45, 7) is 0.0956. The highest BCUT2D eigenvalue weighted by Gasteiger charge is 2.30. The Morgan fingerprint density at radius 2 is 1.95 bits per heavy atom. The molecule has 20 heavy (non-hydrogen) atoms. The van der Waals surface area contributed by atoms with Crippen LogP contribution in [0.5, 0.6) is 0 Å². The van der Waals surface area contributed by atoms with Crippen LogP contribution in [0.3, 0.4) is 0 Å². The van der Waals surface area contributed by atoms with Gasteiger partial charge >= 0.3 is 0 Å². The van der Waals surface area contributed by atoms with E-state index >= 15 is 0 Å². The van der Waals surface area contributed by atoms with E-state index in [-0.39, 0.29) is 28.0 Å². The molecule has 1 aromatic carbocycles. The average Bonchev–Trinajstić information content (AvgIpc) is 2.63. The summed E-state index contributed by atoms with van der Waals surface area (Å²) in [6.07, 6.45) is 0.527. The van der Waals surface area contributed by atoms with Crippen LogP contribution in [0.2, 0.25) is 10.0 Å². The first-order chi connectivity index (χ1) is 9.29. The molecule has 2 rings (SSSR count). The van der Waals surface area contributed by atoms with E-state index < -0.39 is 15.9 Å². The Hall–Kier alpha value is -1.02. The highest BCUT2D eigenvalue weighted by Crippen LogP contribution is 2.32. The molecule has 110 valence electrons. The number of halogens is 2. The van der Waals surface area contributed by atoms with E-state index in [0.717, 1.165) is 4.31 Å². The number of amides is 1. The molecule has 0 spiro atoms. The molecule has 1 aromatic rings. The van der Waals surface area contributed by atoms with Crippen molar-refractivity contribution in [2.75, 3.05) is 29.9 Å². The SMILES string of the molecule is Nc1cc(Cl)c(NC(=O)CN2CCCS2(=O)=O)c(Cl)c1. The second kappa shape index (κ2) is 5.77. The predicted octanol–water partition coefficient (Wildman–Crippen LogP) is 1.55. The van der Waals surface area contributed by atoms with Gasteiger partial charge in [-0.05, 0) is 18.6 Å². The van der Waals surface area contributed by atoms with Crippen LogP contribution in [-0.2, 0) is 14.8 Å². The lowest BCUT2D eigenvalue weighted by molar-refractivity contribution is -0.116. The lowest BCUT2D eigenvalue weighted by atomic mass is 10.3. The molecule has 6 nitrogen and oxygen atoms in total. The van der Waals surface area contributed by atoms with Crippen LogP contribution in [0.1, 0.15) is 6.42 Å². The summed E-state index contributed by atoms with van der Waals surface area (Å²) in [4.78, 5) is 11.9. The molecular weight excluding hydrogens is 325 g/mol. The third kappa shape index (κ3) is 3.35. The molecule has 3 N–H and O–H groups in total. The maximum Gasteiger partial charge on any atom is 0.239 e. The normalized spacial score (nSPS) is 18.1. The zero-order chi connectivity index (χ0) is 14.9. The number of nitrogens with zero attached hydrogens (tertiary/aromatic N) is 1. The topological polar surface area (TPSA) is 92.5 Å². The zero-order valence-electron chi connectivity index (χ0n) is 10.4. The van der Waals surface area contributed by atoms with Gasteiger partial charge in [0, 0.05) is 12.2 Å². The second-order valence-electron chi connectivity index (χ2n) is 4.41. The van der Waals surface area contributed by atoms with Crippen molar-refractivity contribution in [1.29, 1.82) is 0 Å². The van der Waals surface area contributed by atoms with Gasteiger partial charge in [0.2, 0.25) is 15.9 Å². The number of nitrogens with two attached hydrogens (primary N) is 1. The lowest BCUT2D eigenvalue weighted by Crippen LogP contribution is -2.34. The van der Waals surface area contributed by atoms with Crippen LogP contribution in [0.4, 0.5) is 11.4 Å². The van der Waals surface area contributed by atoms with Crippen molar-refractivity contribution in [2.24, 2.45) is 0 Å². The van der Waals surface area contributed by atoms with Crippen molar-refractivity contribution >= 4 is 50.5 Å². The first kappa shape index (κ1) is 15.4. The Bertz CT molecular complexity index is 625. The van der Waals surface area contributed by atoms with Gasteiger partial charge in [-0.1, -0.05) is 23.2 Å². The number of rotatable bonds is 3. The van der Waals surface area contributed by atoms with Gasteiger partial charge in [0.1, 0.15) is 0 Å². The van der Waals surface area contributed by atoms with Crippen LogP contribution >= 0.6 is 23.2 Å². The molecule has 1 heterocycles. The van der Waals surface area contributed by atoms with Crippen molar-refractivity contribution in [3.8, 4) is 0 Å². The van der Waals surface area contributed by atoms with Crippen molar-refractivity contribution in [3.63, 3.8) is 0 Å². The highest BCUT2D eigenvalue weighted by atomic mass is 35.5. The summed E-state index contributed by atoms with van der Waals surface area (Å²) in [5, 5.41) is 2.91. The summed E-state index contributed by atoms with van der Waals surface area (Å²) >= 11 is 11.9. The zero-order valence-corrected chi connectivity index (χ0v) is 12.7. The van der Waals surface area contributed by atoms with Crippen LogP contribution in [0.15, 0.2) is 12.1 Å². The number of nitrogen functional groups attached to an aromatic ring is 1. The third-order valence-electron chi connectivity index (χ3n) is 2.85. The van der Waals surface area contributed by atoms with E-state index in [2.05, 4.69) is 5.32 Å². The standard InChI is InChI=1S/C11H13Cl2N3O3S/c12-8-4-7(14)5-9(13)11(8)15-10(17)6-16-2-1-3-20(16,18)19/h4-5H,1-3,6,14H2,(H,15,17). The molecule has 0 bridgehead atoms. The Kier molecular flexibility index (Phi) is 4.43. The maximum atomic E-state index is 11.9. The molecule has 1 aliphatic heterocycles. The summed E-state index contributed by atoms with van der Waals surface area (Å²) in [7, 11) is -3.31. The minimum atomic E-state index is -3.31. The molecule has 0 unspecified atom stereocenters. The summed E-state index contributed by atoms with van der Waals surface area (Å²) < 4.78 is 24.4. The van der Waals surface area contributed by atoms with Crippen LogP contribution in [0, 0.1) is 0 Å². The fourth-order valence-corrected chi connectivity index (χ4v) is 3.99. The molecule has 0 atom stereocenters. The van der Waals surface area contributed by atoms with Gasteiger partial charge < -0.3 is 11.1 Å². The van der Waals surface area contributed by atoms with E-state index in [9.17, 15) is 13.2 Å². The van der Waals surface area contributed by atoms with Gasteiger partial charge in [-0.2, -0.15) is 4.31 Å². The number of carbonyl (C=O) groups excluding carboxylic acids is 1. The number of carbonyl (C=O) groups is 1. The molecule has 1 amide bonds. The van der Waals surface area contributed by atoms with Crippen LogP contribution in [-0.4, -0.2) is 37.5 Å². The smallest absolute Gasteiger partial charge is 0.239 e. The predicted molar refractivity (Wildman–Crippen MR) is 79.5 cm³/mol. The van der Waals surface area contributed by atoms with Gasteiger partial charge in [-0.15, -0.1) is 0 Å². The van der Waals surface area contributed by atoms with Gasteiger partial charge in [-0.3, -0.25) is 4.79 Å². The largest absolute Gasteiger partial charge is 0.399 e. The summed E-state index contributed by atoms with van der Waals surface area (Å²) in [5.41, 5.74) is 6.16. The molecule has 0 saturated carbocycles. The first-order valence-electron chi connectivity index (χ1n) is 5.82. The number of sulfonamides is 1. The lowest BCUT2D eigenvalue weighted by Gasteiger charge is -2.15. The van der Waals surface area contributed by atoms with E-state index in [1.54, 1.807) is 0 Å². The molecule has 0 radical (unpaired) electrons. The Morgan fingerprint density at radius 3 is 2.45 bits per heavy atom. The molecule has 1 aliphatic rings. The van der Waals surface area contributed by atoms with Gasteiger partial charge in [0.05, 0.1) is 28.0 Å². The minimum Gasteiger partial charge on any atom is -0.399 e. The third-order valence-corrected chi connectivity index (χ3v) is 5.35. The van der Waals surface area contributed by atoms with E-state index in [4.69, 9.17) is 28.9 Å². The van der Waals surface area contributed by atoms with E-state index in [1.165, 1.54) is 12.1 Å². The fraction of sp³-hybridized carbons (Fsp3) is 0.364. The van der Waals surface area contributed by atoms with Crippen molar-refractivity contribution in [2.45, 2.75) is 6.42 Å². The quantitative estimate of drug-likeness (QED) is 0.818. The monoisotopic (exact) mass is 337 g/mol. The van der Waals surface area contributed by atoms with Crippen LogP contribution in [0.25, 0.3) is 0 Å². The summed E-state index contributed by atoms with van der Waals surface area (Å²) in [5.74, 6) is -0.423. The van der Waals surface area contributed by atoms with Crippen molar-refractivity contribution < 1.29 is 13.2 Å². The molecule has 1 fully saturated rings. The van der Waals surface area contributed by atoms with Gasteiger partial charge in [-0.25, -0.2) is 8.42 Å². The molecule has 1 saturated heterocycles. The minimum absolute atomic E-state index is 0.0731. The maximum absolute atomic E-state index is 11.9. The Labute approximate surface area is 126 Å². The van der Waals surface area contributed by atoms with E-state index in [1.807, 2.05) is 0 Å². The van der Waals surface area contributed by atoms with Crippen molar-refractivity contribution in [1.82, 2.24) is 4.31 Å². The number of nitrogens with one attached hydrogen (secondary N) is 1. The number of hydrogen-bond acceptors (Lipinski definition) is 4. The Morgan fingerprint density at radius 1 is 1.35 bits per heavy atom. The Balaban J connectivity index is 2.09. The number of anilines is 2. The highest BCUT2D eigenvalue weighted by molar-refractivity contribution is 7.89. The fourth-order valence-electron chi connectivity index (χ4n) is 1.92. The average molecular weight is 338 g/mol. The molecule has 0 aliphatic carbocycles. The molecular formula is C11H13Cl2N3O3S. The second-order valence-corrected chi connectivity index (χ2v) is 7.31.